The molecule has 5 bridgehead atoms. The minimum atomic E-state index is -2.17. The Morgan fingerprint density at radius 3 is 2.18 bits per heavy atom. The fourth-order valence-corrected chi connectivity index (χ4v) is 8.74. The Morgan fingerprint density at radius 1 is 0.851 bits per heavy atom. The lowest BCUT2D eigenvalue weighted by Crippen LogP contribution is -2.46. The van der Waals surface area contributed by atoms with Crippen LogP contribution >= 0.6 is 0 Å². The molecule has 9 unspecified atom stereocenters. The van der Waals surface area contributed by atoms with E-state index in [4.69, 9.17) is 23.7 Å². The number of aliphatic hydroxyl groups excluding tert-OH is 2. The molecule has 67 heavy (non-hydrogen) atoms. The van der Waals surface area contributed by atoms with Crippen molar-refractivity contribution in [2.75, 3.05) is 12.4 Å². The van der Waals surface area contributed by atoms with Gasteiger partial charge in [0.15, 0.2) is 0 Å². The van der Waals surface area contributed by atoms with Gasteiger partial charge in [-0.05, 0) is 50.1 Å². The first-order valence-corrected chi connectivity index (χ1v) is 22.2. The lowest BCUT2D eigenvalue weighted by Gasteiger charge is -2.38. The van der Waals surface area contributed by atoms with Gasteiger partial charge in [0, 0.05) is 61.5 Å². The predicted octanol–water partition coefficient (Wildman–Crippen LogP) is 7.15. The van der Waals surface area contributed by atoms with Crippen LogP contribution in [0.5, 0.6) is 11.5 Å². The molecule has 4 N–H and O–H groups in total. The second kappa shape index (κ2) is 20.5. The van der Waals surface area contributed by atoms with Crippen LogP contribution in [0.2, 0.25) is 0 Å². The first-order valence-electron chi connectivity index (χ1n) is 22.2. The molecular weight excluding hydrogens is 861 g/mol. The minimum Gasteiger partial charge on any atom is -0.462 e. The molecule has 4 aliphatic rings. The molecule has 1 aliphatic carbocycles. The molecule has 0 radical (unpaired) electrons. The van der Waals surface area contributed by atoms with E-state index in [0.717, 1.165) is 5.56 Å². The zero-order valence-corrected chi connectivity index (χ0v) is 39.3. The standard InChI is InChI=1S/C52H58N2O13/c1-11-33-20-15-16-23-35(33)53-40-41-45(59)38-37(44(40)58)39-48(31(7)47(38)66-51(62)34-21-13-12-14-22-34)67-52(9,49(39)60)64-25-24-36(63-10)28(4)46(65-32(8)55)30(6)43(57)29(5)42(56)26(2)18-17-19-27(3)50(61)54-41/h12-26,28-30,36,42-43,46,53,56-57H,11H2,1-10H3,(H,54,61). The maximum absolute atomic E-state index is 15.3. The van der Waals surface area contributed by atoms with Gasteiger partial charge >= 0.3 is 17.7 Å². The summed E-state index contributed by atoms with van der Waals surface area (Å²) in [5, 5.41) is 28.8. The van der Waals surface area contributed by atoms with E-state index in [1.807, 2.05) is 19.1 Å². The Hall–Kier alpha value is -6.68. The number of aryl methyl sites for hydroxylation is 1. The first-order chi connectivity index (χ1) is 31.8. The molecule has 3 aromatic carbocycles. The van der Waals surface area contributed by atoms with Gasteiger partial charge in [0.2, 0.25) is 11.6 Å². The number of esters is 2. The summed E-state index contributed by atoms with van der Waals surface area (Å²) in [7, 11) is 1.42. The third kappa shape index (κ3) is 9.90. The van der Waals surface area contributed by atoms with E-state index in [2.05, 4.69) is 10.6 Å². The quantitative estimate of drug-likeness (QED) is 0.137. The average molecular weight is 919 g/mol. The van der Waals surface area contributed by atoms with Crippen LogP contribution in [0.15, 0.2) is 102 Å². The van der Waals surface area contributed by atoms with Crippen LogP contribution in [0.1, 0.15) is 108 Å². The molecule has 0 aromatic heterocycles. The number of carbonyl (C=O) groups is 6. The van der Waals surface area contributed by atoms with Gasteiger partial charge in [-0.15, -0.1) is 0 Å². The third-order valence-corrected chi connectivity index (χ3v) is 12.8. The van der Waals surface area contributed by atoms with E-state index in [-0.39, 0.29) is 39.5 Å². The molecule has 0 saturated heterocycles. The van der Waals surface area contributed by atoms with E-state index in [1.54, 1.807) is 70.2 Å². The number of nitrogens with one attached hydrogen (secondary N) is 2. The summed E-state index contributed by atoms with van der Waals surface area (Å²) in [6, 6.07) is 15.0. The number of amides is 1. The average Bonchev–Trinajstić information content (AvgIpc) is 3.58. The molecule has 7 rings (SSSR count). The first kappa shape index (κ1) is 49.7. The molecule has 9 atom stereocenters. The number of para-hydroxylation sites is 1. The fraction of sp³-hybridized carbons (Fsp3) is 0.385. The van der Waals surface area contributed by atoms with E-state index < -0.39 is 106 Å². The molecule has 0 fully saturated rings. The molecular formula is C52H58N2O13. The molecule has 3 aromatic rings. The smallest absolute Gasteiger partial charge is 0.343 e. The van der Waals surface area contributed by atoms with Crippen molar-refractivity contribution >= 4 is 40.9 Å². The van der Waals surface area contributed by atoms with Gasteiger partial charge in [0.1, 0.15) is 29.0 Å². The zero-order valence-electron chi connectivity index (χ0n) is 39.3. The van der Waals surface area contributed by atoms with Crippen molar-refractivity contribution in [3.63, 3.8) is 0 Å². The number of hydrogen-bond acceptors (Lipinski definition) is 14. The Balaban J connectivity index is 1.58. The fourth-order valence-electron chi connectivity index (χ4n) is 8.74. The molecule has 3 aliphatic heterocycles. The van der Waals surface area contributed by atoms with Crippen molar-refractivity contribution in [3.8, 4) is 11.5 Å². The van der Waals surface area contributed by atoms with E-state index in [1.165, 1.54) is 65.4 Å². The van der Waals surface area contributed by atoms with Crippen LogP contribution < -0.4 is 20.1 Å². The highest BCUT2D eigenvalue weighted by molar-refractivity contribution is 6.33. The van der Waals surface area contributed by atoms with Crippen LogP contribution in [0, 0.1) is 30.6 Å². The SMILES string of the molecule is CCc1ccccc1NC1=C2NC(=O)C(C)=CC=CC(C)C(O)C(C)C(O)C(C)C(OC(C)=O)C(C)C(OC)C=COC3(C)Oc4c(C)c(OC(=O)c5ccccc5)c(c(c4C3=O)C1=O)C2=O. The van der Waals surface area contributed by atoms with Gasteiger partial charge in [-0.25, -0.2) is 4.79 Å². The number of hydrogen-bond donors (Lipinski definition) is 4. The van der Waals surface area contributed by atoms with Crippen molar-refractivity contribution in [2.45, 2.75) is 98.9 Å². The van der Waals surface area contributed by atoms with Crippen molar-refractivity contribution in [3.05, 3.63) is 136 Å². The Labute approximate surface area is 389 Å². The maximum Gasteiger partial charge on any atom is 0.343 e. The lowest BCUT2D eigenvalue weighted by atomic mass is 9.78. The number of benzene rings is 3. The summed E-state index contributed by atoms with van der Waals surface area (Å²) in [6.45, 7) is 14.3. The summed E-state index contributed by atoms with van der Waals surface area (Å²) in [5.41, 5.74) is -0.619. The molecule has 3 heterocycles. The monoisotopic (exact) mass is 918 g/mol. The van der Waals surface area contributed by atoms with Gasteiger partial charge in [-0.3, -0.25) is 24.0 Å². The summed E-state index contributed by atoms with van der Waals surface area (Å²) >= 11 is 0. The number of anilines is 1. The van der Waals surface area contributed by atoms with E-state index >= 15 is 9.59 Å². The number of allylic oxidation sites excluding steroid dienone is 4. The second-order valence-electron chi connectivity index (χ2n) is 17.4. The summed E-state index contributed by atoms with van der Waals surface area (Å²) in [4.78, 5) is 85.7. The molecule has 15 nitrogen and oxygen atoms in total. The van der Waals surface area contributed by atoms with Crippen molar-refractivity contribution < 1.29 is 62.7 Å². The number of carbonyl (C=O) groups excluding carboxylic acids is 6. The summed E-state index contributed by atoms with van der Waals surface area (Å²) in [5.74, 6) is -10.4. The minimum absolute atomic E-state index is 0.0136. The Bertz CT molecular complexity index is 2590. The van der Waals surface area contributed by atoms with Crippen LogP contribution in [0.3, 0.4) is 0 Å². The van der Waals surface area contributed by atoms with Crippen LogP contribution in [-0.4, -0.2) is 82.7 Å². The van der Waals surface area contributed by atoms with Gasteiger partial charge in [0.05, 0.1) is 46.8 Å². The predicted molar refractivity (Wildman–Crippen MR) is 247 cm³/mol. The number of ether oxygens (including phenoxy) is 5. The van der Waals surface area contributed by atoms with E-state index in [9.17, 15) is 29.4 Å². The highest BCUT2D eigenvalue weighted by Crippen LogP contribution is 2.49. The topological polar surface area (TPSA) is 213 Å². The number of fused-ring (bicyclic) bond motifs is 14. The zero-order chi connectivity index (χ0) is 49.1. The van der Waals surface area contributed by atoms with Gasteiger partial charge in [-0.2, -0.15) is 0 Å². The second-order valence-corrected chi connectivity index (χ2v) is 17.4. The van der Waals surface area contributed by atoms with Gasteiger partial charge in [-0.1, -0.05) is 89.2 Å². The molecule has 15 heteroatoms. The third-order valence-electron chi connectivity index (χ3n) is 12.8. The normalized spacial score (nSPS) is 26.9. The van der Waals surface area contributed by atoms with Gasteiger partial charge < -0.3 is 44.5 Å². The van der Waals surface area contributed by atoms with E-state index in [0.29, 0.717) is 12.1 Å². The summed E-state index contributed by atoms with van der Waals surface area (Å²) in [6.07, 6.45) is 3.76. The number of aliphatic hydroxyl groups is 2. The Kier molecular flexibility index (Phi) is 15.2. The molecule has 0 saturated carbocycles. The number of ketones is 3. The van der Waals surface area contributed by atoms with Crippen LogP contribution in [0.4, 0.5) is 5.69 Å². The highest BCUT2D eigenvalue weighted by atomic mass is 16.7. The lowest BCUT2D eigenvalue weighted by molar-refractivity contribution is -0.160. The molecule has 1 amide bonds. The maximum atomic E-state index is 15.3. The molecule has 0 spiro atoms. The number of Topliss-reactive ketones (excluding diaryl/α,β-unsaturated/α-hetero) is 3. The molecule has 354 valence electrons. The van der Waals surface area contributed by atoms with Crippen molar-refractivity contribution in [1.29, 1.82) is 0 Å². The largest absolute Gasteiger partial charge is 0.462 e. The van der Waals surface area contributed by atoms with Crippen LogP contribution in [-0.2, 0) is 30.2 Å². The Morgan fingerprint density at radius 2 is 1.52 bits per heavy atom. The number of rotatable bonds is 7. The number of methoxy groups -OCH3 is 1. The highest BCUT2D eigenvalue weighted by Gasteiger charge is 2.53. The van der Waals surface area contributed by atoms with Crippen LogP contribution in [0.25, 0.3) is 0 Å². The van der Waals surface area contributed by atoms with Gasteiger partial charge in [0.25, 0.3) is 11.7 Å². The van der Waals surface area contributed by atoms with Crippen molar-refractivity contribution in [2.24, 2.45) is 23.7 Å². The summed E-state index contributed by atoms with van der Waals surface area (Å²) < 4.78 is 29.9. The van der Waals surface area contributed by atoms with Crippen molar-refractivity contribution in [1.82, 2.24) is 5.32 Å².